The lowest BCUT2D eigenvalue weighted by Crippen LogP contribution is -2.29. The van der Waals surface area contributed by atoms with Gasteiger partial charge in [-0.05, 0) is 85.0 Å². The second-order valence-corrected chi connectivity index (χ2v) is 15.6. The first-order chi connectivity index (χ1) is 28.7. The Kier molecular flexibility index (Phi) is 8.47. The van der Waals surface area contributed by atoms with Crippen LogP contribution in [0.5, 0.6) is 0 Å². The van der Waals surface area contributed by atoms with E-state index in [1.165, 1.54) is 77.4 Å². The highest BCUT2D eigenvalue weighted by atomic mass is 15.0. The van der Waals surface area contributed by atoms with Crippen molar-refractivity contribution >= 4 is 39.5 Å². The maximum absolute atomic E-state index is 5.43. The van der Waals surface area contributed by atoms with Crippen molar-refractivity contribution < 1.29 is 0 Å². The first kappa shape index (κ1) is 34.1. The van der Waals surface area contributed by atoms with Crippen LogP contribution in [-0.2, 0) is 0 Å². The van der Waals surface area contributed by atoms with Crippen LogP contribution in [0.3, 0.4) is 0 Å². The van der Waals surface area contributed by atoms with E-state index >= 15 is 0 Å². The summed E-state index contributed by atoms with van der Waals surface area (Å²) in [6, 6.07) is 58.9. The number of amidine groups is 1. The van der Waals surface area contributed by atoms with E-state index in [2.05, 4.69) is 212 Å². The highest BCUT2D eigenvalue weighted by molar-refractivity contribution is 6.19. The van der Waals surface area contributed by atoms with Crippen LogP contribution in [0.2, 0.25) is 0 Å². The van der Waals surface area contributed by atoms with Crippen LogP contribution in [0.25, 0.3) is 39.1 Å². The number of benzene rings is 6. The third kappa shape index (κ3) is 6.06. The predicted octanol–water partition coefficient (Wildman–Crippen LogP) is 11.4. The molecule has 0 radical (unpaired) electrons. The summed E-state index contributed by atoms with van der Waals surface area (Å²) >= 11 is 0. The van der Waals surface area contributed by atoms with Crippen molar-refractivity contribution in [1.82, 2.24) is 0 Å². The summed E-state index contributed by atoms with van der Waals surface area (Å²) in [5, 5.41) is 2.46. The van der Waals surface area contributed by atoms with Crippen molar-refractivity contribution in [3.63, 3.8) is 0 Å². The van der Waals surface area contributed by atoms with E-state index in [-0.39, 0.29) is 17.8 Å². The number of fused-ring (bicyclic) bond motifs is 3. The van der Waals surface area contributed by atoms with Gasteiger partial charge in [0, 0.05) is 28.3 Å². The number of nitrogens with zero attached hydrogens (tertiary/aromatic N) is 2. The molecule has 0 bridgehead atoms. The van der Waals surface area contributed by atoms with Crippen LogP contribution in [0, 0.1) is 17.8 Å². The summed E-state index contributed by atoms with van der Waals surface area (Å²) in [4.78, 5) is 10.8. The van der Waals surface area contributed by atoms with E-state index in [1.807, 2.05) is 0 Å². The van der Waals surface area contributed by atoms with Crippen molar-refractivity contribution in [1.29, 1.82) is 0 Å². The fraction of sp³-hybridized carbons (Fsp3) is 0.0714. The van der Waals surface area contributed by atoms with Gasteiger partial charge in [0.1, 0.15) is 0 Å². The minimum Gasteiger partial charge on any atom is -0.236 e. The average Bonchev–Trinajstić information content (AvgIpc) is 3.89. The van der Waals surface area contributed by atoms with Crippen LogP contribution in [0.15, 0.2) is 228 Å². The fourth-order valence-electron chi connectivity index (χ4n) is 9.29. The van der Waals surface area contributed by atoms with E-state index in [9.17, 15) is 0 Å². The Morgan fingerprint density at radius 3 is 1.66 bits per heavy atom. The fourth-order valence-corrected chi connectivity index (χ4v) is 9.29. The van der Waals surface area contributed by atoms with Gasteiger partial charge in [-0.15, -0.1) is 0 Å². The summed E-state index contributed by atoms with van der Waals surface area (Å²) < 4.78 is 0. The number of rotatable bonds is 7. The monoisotopic (exact) mass is 740 g/mol. The van der Waals surface area contributed by atoms with E-state index in [4.69, 9.17) is 9.98 Å². The smallest absolute Gasteiger partial charge is 0.159 e. The van der Waals surface area contributed by atoms with E-state index < -0.39 is 0 Å². The zero-order chi connectivity index (χ0) is 38.4. The van der Waals surface area contributed by atoms with Crippen molar-refractivity contribution in [2.45, 2.75) is 6.42 Å². The third-order valence-electron chi connectivity index (χ3n) is 12.1. The zero-order valence-electron chi connectivity index (χ0n) is 32.0. The van der Waals surface area contributed by atoms with E-state index in [1.54, 1.807) is 0 Å². The van der Waals surface area contributed by atoms with Crippen molar-refractivity contribution in [3.8, 4) is 11.1 Å². The van der Waals surface area contributed by atoms with Crippen molar-refractivity contribution in [2.24, 2.45) is 27.7 Å². The molecule has 1 aliphatic heterocycles. The molecule has 0 spiro atoms. The van der Waals surface area contributed by atoms with Crippen LogP contribution in [0.4, 0.5) is 0 Å². The second kappa shape index (κ2) is 14.4. The zero-order valence-corrected chi connectivity index (χ0v) is 32.0. The van der Waals surface area contributed by atoms with Crippen LogP contribution in [0.1, 0.15) is 34.2 Å². The second-order valence-electron chi connectivity index (χ2n) is 15.6. The molecule has 58 heavy (non-hydrogen) atoms. The molecule has 0 N–H and O–H groups in total. The van der Waals surface area contributed by atoms with E-state index in [0.29, 0.717) is 0 Å². The van der Waals surface area contributed by atoms with Gasteiger partial charge in [-0.25, -0.2) is 9.98 Å². The number of hydrogen-bond donors (Lipinski definition) is 0. The Hall–Kier alpha value is -7.16. The molecule has 0 aromatic heterocycles. The molecule has 4 aliphatic carbocycles. The van der Waals surface area contributed by atoms with Gasteiger partial charge >= 0.3 is 0 Å². The van der Waals surface area contributed by atoms with Crippen LogP contribution < -0.4 is 10.4 Å². The molecule has 3 atom stereocenters. The molecule has 1 heterocycles. The molecule has 274 valence electrons. The summed E-state index contributed by atoms with van der Waals surface area (Å²) in [7, 11) is 0. The molecule has 6 aromatic carbocycles. The largest absolute Gasteiger partial charge is 0.236 e. The number of allylic oxidation sites excluding steroid dienone is 12. The number of aliphatic imine (C=N–C) groups is 2. The Morgan fingerprint density at radius 2 is 1.00 bits per heavy atom. The molecular weight excluding hydrogens is 701 g/mol. The molecule has 6 aromatic rings. The molecule has 0 fully saturated rings. The first-order valence-corrected chi connectivity index (χ1v) is 20.3. The third-order valence-corrected chi connectivity index (χ3v) is 12.1. The van der Waals surface area contributed by atoms with Gasteiger partial charge in [0.2, 0.25) is 0 Å². The molecule has 5 aliphatic rings. The summed E-state index contributed by atoms with van der Waals surface area (Å²) in [5.74, 6) is 1.23. The van der Waals surface area contributed by atoms with Gasteiger partial charge in [-0.3, -0.25) is 0 Å². The van der Waals surface area contributed by atoms with Gasteiger partial charge < -0.3 is 0 Å². The van der Waals surface area contributed by atoms with Crippen LogP contribution >= 0.6 is 0 Å². The predicted molar refractivity (Wildman–Crippen MR) is 242 cm³/mol. The SMILES string of the molecule is C1=CCC(C2=NC(c3ccc(-c4ccc(C5=CC6C=C(c7ccccc7)C=C(c7ccccc7)C6=C5)cc4)cc3)=NC3=c4ccccc4=C(c4ccccc4)C23)C=C1. The molecule has 11 rings (SSSR count). The maximum atomic E-state index is 5.43. The molecule has 0 saturated carbocycles. The molecule has 0 amide bonds. The Balaban J connectivity index is 0.907. The molecule has 2 heteroatoms. The van der Waals surface area contributed by atoms with Gasteiger partial charge in [0.05, 0.1) is 11.6 Å². The molecule has 0 saturated heterocycles. The highest BCUT2D eigenvalue weighted by Crippen LogP contribution is 2.45. The lowest BCUT2D eigenvalue weighted by Gasteiger charge is -2.29. The molecule has 2 nitrogen and oxygen atoms in total. The first-order valence-electron chi connectivity index (χ1n) is 20.3. The lowest BCUT2D eigenvalue weighted by atomic mass is 9.80. The van der Waals surface area contributed by atoms with E-state index in [0.717, 1.165) is 23.5 Å². The highest BCUT2D eigenvalue weighted by Gasteiger charge is 2.37. The van der Waals surface area contributed by atoms with Crippen molar-refractivity contribution in [2.75, 3.05) is 0 Å². The Morgan fingerprint density at radius 1 is 0.448 bits per heavy atom. The molecular formula is C56H40N2. The normalized spacial score (nSPS) is 20.2. The average molecular weight is 741 g/mol. The summed E-state index contributed by atoms with van der Waals surface area (Å²) in [6.07, 6.45) is 19.4. The quantitative estimate of drug-likeness (QED) is 0.156. The Bertz CT molecular complexity index is 2970. The van der Waals surface area contributed by atoms with Gasteiger partial charge in [0.25, 0.3) is 0 Å². The van der Waals surface area contributed by atoms with Crippen LogP contribution in [-0.4, -0.2) is 11.5 Å². The van der Waals surface area contributed by atoms with Gasteiger partial charge in [0.15, 0.2) is 5.84 Å². The van der Waals surface area contributed by atoms with Crippen molar-refractivity contribution in [3.05, 3.63) is 256 Å². The minimum absolute atomic E-state index is 0.0138. The molecule has 3 unspecified atom stereocenters. The summed E-state index contributed by atoms with van der Waals surface area (Å²) in [6.45, 7) is 0. The number of hydrogen-bond acceptors (Lipinski definition) is 2. The Labute approximate surface area is 339 Å². The van der Waals surface area contributed by atoms with Gasteiger partial charge in [-0.2, -0.15) is 0 Å². The summed E-state index contributed by atoms with van der Waals surface area (Å²) in [5.41, 5.74) is 17.1. The lowest BCUT2D eigenvalue weighted by molar-refractivity contribution is 0.830. The standard InChI is InChI=1S/C56H40N2/c1-5-15-37(16-6-1)45-33-47-34-46(36-51(47)50(35-45)41-17-7-2-8-18-41)40-27-25-38(26-28-40)39-29-31-44(32-30-39)56-57-54(43-21-11-4-12-22-43)53-52(42-19-9-3-10-20-42)48-23-13-14-24-49(48)55(53)58-56/h1-21,23-36,43,47,53H,22H2. The topological polar surface area (TPSA) is 24.7 Å². The minimum atomic E-state index is 0.0138. The maximum Gasteiger partial charge on any atom is 0.159 e. The van der Waals surface area contributed by atoms with Gasteiger partial charge in [-0.1, -0.05) is 200 Å².